The van der Waals surface area contributed by atoms with Crippen LogP contribution < -0.4 is 15.2 Å². The predicted octanol–water partition coefficient (Wildman–Crippen LogP) is 5.18. The van der Waals surface area contributed by atoms with Crippen LogP contribution in [0.3, 0.4) is 0 Å². The number of nitrogens with one attached hydrogen (secondary N) is 1. The van der Waals surface area contributed by atoms with E-state index in [1.807, 2.05) is 25.1 Å². The van der Waals surface area contributed by atoms with Crippen LogP contribution >= 0.6 is 0 Å². The van der Waals surface area contributed by atoms with E-state index in [2.05, 4.69) is 37.4 Å². The molecule has 1 aliphatic heterocycles. The van der Waals surface area contributed by atoms with E-state index in [-0.39, 0.29) is 23.8 Å². The number of carbonyl (C=O) groups excluding carboxylic acids is 1. The molecule has 1 saturated heterocycles. The molecule has 1 atom stereocenters. The maximum absolute atomic E-state index is 13.7. The molecule has 9 heteroatoms. The van der Waals surface area contributed by atoms with Crippen molar-refractivity contribution >= 4 is 22.6 Å². The molecule has 0 aliphatic carbocycles. The number of hydrogen-bond donors (Lipinski definition) is 1. The molecule has 39 heavy (non-hydrogen) atoms. The normalized spacial score (nSPS) is 15.1. The summed E-state index contributed by atoms with van der Waals surface area (Å²) in [5.41, 5.74) is 3.70. The van der Waals surface area contributed by atoms with Crippen molar-refractivity contribution in [3.8, 4) is 5.75 Å². The van der Waals surface area contributed by atoms with Gasteiger partial charge in [0.1, 0.15) is 5.75 Å². The molecule has 0 amide bonds. The Labute approximate surface area is 226 Å². The van der Waals surface area contributed by atoms with Gasteiger partial charge in [-0.2, -0.15) is 0 Å². The molecule has 0 unspecified atom stereocenters. The maximum Gasteiger partial charge on any atom is 0.255 e. The minimum atomic E-state index is -0.438. The molecule has 1 aliphatic rings. The summed E-state index contributed by atoms with van der Waals surface area (Å²) >= 11 is 0. The first-order chi connectivity index (χ1) is 18.8. The Morgan fingerprint density at radius 2 is 1.87 bits per heavy atom. The SMILES string of the molecule is COc1cc(C)[nH]c(=O)c1CCC(=O)c1c(C)n([C@H](C)C2CCN(c3ncc(F)cn3)CC2)c2ccccc12. The molecule has 0 spiro atoms. The number of benzene rings is 1. The van der Waals surface area contributed by atoms with Crippen molar-refractivity contribution in [2.24, 2.45) is 5.92 Å². The van der Waals surface area contributed by atoms with Crippen molar-refractivity contribution in [1.82, 2.24) is 19.5 Å². The summed E-state index contributed by atoms with van der Waals surface area (Å²) in [4.78, 5) is 39.4. The number of carbonyl (C=O) groups is 1. The minimum Gasteiger partial charge on any atom is -0.496 e. The van der Waals surface area contributed by atoms with Gasteiger partial charge < -0.3 is 19.2 Å². The fourth-order valence-electron chi connectivity index (χ4n) is 6.00. The lowest BCUT2D eigenvalue weighted by atomic mass is 9.90. The van der Waals surface area contributed by atoms with E-state index in [0.717, 1.165) is 53.8 Å². The second-order valence-corrected chi connectivity index (χ2v) is 10.4. The highest BCUT2D eigenvalue weighted by Crippen LogP contribution is 2.36. The number of methoxy groups -OCH3 is 1. The topological polar surface area (TPSA) is 93.1 Å². The van der Waals surface area contributed by atoms with Crippen molar-refractivity contribution in [3.05, 3.63) is 81.4 Å². The van der Waals surface area contributed by atoms with E-state index in [4.69, 9.17) is 4.74 Å². The largest absolute Gasteiger partial charge is 0.496 e. The van der Waals surface area contributed by atoms with E-state index in [0.29, 0.717) is 29.6 Å². The zero-order valence-corrected chi connectivity index (χ0v) is 22.8. The summed E-state index contributed by atoms with van der Waals surface area (Å²) in [7, 11) is 1.54. The molecular formula is C30H34FN5O3. The lowest BCUT2D eigenvalue weighted by Gasteiger charge is -2.36. The number of fused-ring (bicyclic) bond motifs is 1. The number of pyridine rings is 1. The second-order valence-electron chi connectivity index (χ2n) is 10.4. The number of para-hydroxylation sites is 1. The molecule has 1 fully saturated rings. The van der Waals surface area contributed by atoms with Gasteiger partial charge in [-0.05, 0) is 58.1 Å². The lowest BCUT2D eigenvalue weighted by molar-refractivity contribution is 0.0983. The minimum absolute atomic E-state index is 0.0138. The number of piperidine rings is 1. The highest BCUT2D eigenvalue weighted by atomic mass is 19.1. The number of rotatable bonds is 8. The number of Topliss-reactive ketones (excluding diaryl/α,β-unsaturated/α-hetero) is 1. The fraction of sp³-hybridized carbons (Fsp3) is 0.400. The number of aromatic amines is 1. The van der Waals surface area contributed by atoms with E-state index in [9.17, 15) is 14.0 Å². The Hall–Kier alpha value is -4.01. The van der Waals surface area contributed by atoms with Gasteiger partial charge in [0.25, 0.3) is 5.56 Å². The first-order valence-electron chi connectivity index (χ1n) is 13.4. The van der Waals surface area contributed by atoms with Gasteiger partial charge in [-0.25, -0.2) is 14.4 Å². The fourth-order valence-corrected chi connectivity index (χ4v) is 6.00. The smallest absolute Gasteiger partial charge is 0.255 e. The Balaban J connectivity index is 1.37. The Bertz CT molecular complexity index is 1550. The van der Waals surface area contributed by atoms with Crippen molar-refractivity contribution in [3.63, 3.8) is 0 Å². The number of hydrogen-bond acceptors (Lipinski definition) is 6. The van der Waals surface area contributed by atoms with Gasteiger partial charge in [0.2, 0.25) is 5.95 Å². The third kappa shape index (κ3) is 5.17. The molecule has 4 heterocycles. The quantitative estimate of drug-likeness (QED) is 0.315. The summed E-state index contributed by atoms with van der Waals surface area (Å²) < 4.78 is 21.0. The van der Waals surface area contributed by atoms with E-state index >= 15 is 0 Å². The number of aryl methyl sites for hydroxylation is 1. The highest BCUT2D eigenvalue weighted by Gasteiger charge is 2.30. The summed E-state index contributed by atoms with van der Waals surface area (Å²) in [6.07, 6.45) is 4.80. The standard InChI is InChI=1S/C30H34FN5O3/c1-18-15-27(39-4)24(29(38)34-18)9-10-26(37)28-20(3)36(25-8-6-5-7-23(25)28)19(2)21-11-13-35(14-12-21)30-32-16-22(31)17-33-30/h5-8,15-17,19,21H,9-14H2,1-4H3,(H,34,38)/t19-/m1/s1. The summed E-state index contributed by atoms with van der Waals surface area (Å²) in [6, 6.07) is 10.0. The van der Waals surface area contributed by atoms with E-state index < -0.39 is 5.82 Å². The van der Waals surface area contributed by atoms with Gasteiger partial charge in [-0.1, -0.05) is 18.2 Å². The molecule has 4 aromatic rings. The van der Waals surface area contributed by atoms with Crippen molar-refractivity contribution < 1.29 is 13.9 Å². The van der Waals surface area contributed by atoms with Crippen LogP contribution in [0.1, 0.15) is 59.5 Å². The number of aromatic nitrogens is 4. The number of ether oxygens (including phenoxy) is 1. The first kappa shape index (κ1) is 26.6. The number of nitrogens with zero attached hydrogens (tertiary/aromatic N) is 4. The van der Waals surface area contributed by atoms with Crippen LogP contribution in [0.2, 0.25) is 0 Å². The first-order valence-corrected chi connectivity index (χ1v) is 13.4. The van der Waals surface area contributed by atoms with Crippen LogP contribution in [0.5, 0.6) is 5.75 Å². The number of ketones is 1. The average molecular weight is 532 g/mol. The maximum atomic E-state index is 13.7. The van der Waals surface area contributed by atoms with Gasteiger partial charge in [0.05, 0.1) is 25.1 Å². The average Bonchev–Trinajstić information content (AvgIpc) is 3.23. The molecule has 5 rings (SSSR count). The zero-order chi connectivity index (χ0) is 27.7. The highest BCUT2D eigenvalue weighted by molar-refractivity contribution is 6.09. The van der Waals surface area contributed by atoms with E-state index in [1.54, 1.807) is 13.0 Å². The van der Waals surface area contributed by atoms with Gasteiger partial charge in [-0.3, -0.25) is 9.59 Å². The monoisotopic (exact) mass is 531 g/mol. The molecular weight excluding hydrogens is 497 g/mol. The molecule has 8 nitrogen and oxygen atoms in total. The summed E-state index contributed by atoms with van der Waals surface area (Å²) in [5, 5.41) is 0.939. The molecule has 0 radical (unpaired) electrons. The van der Waals surface area contributed by atoms with Crippen LogP contribution in [-0.2, 0) is 6.42 Å². The van der Waals surface area contributed by atoms with Gasteiger partial charge >= 0.3 is 0 Å². The van der Waals surface area contributed by atoms with Crippen molar-refractivity contribution in [1.29, 1.82) is 0 Å². The molecule has 0 bridgehead atoms. The third-order valence-corrected chi connectivity index (χ3v) is 8.01. The molecule has 1 aromatic carbocycles. The van der Waals surface area contributed by atoms with Crippen LogP contribution in [0.25, 0.3) is 10.9 Å². The van der Waals surface area contributed by atoms with Crippen molar-refractivity contribution in [2.45, 2.75) is 52.5 Å². The molecule has 1 N–H and O–H groups in total. The molecule has 0 saturated carbocycles. The predicted molar refractivity (Wildman–Crippen MR) is 149 cm³/mol. The van der Waals surface area contributed by atoms with Gasteiger partial charge in [0.15, 0.2) is 11.6 Å². The van der Waals surface area contributed by atoms with Crippen molar-refractivity contribution in [2.75, 3.05) is 25.1 Å². The second kappa shape index (κ2) is 11.0. The van der Waals surface area contributed by atoms with Crippen LogP contribution in [0.4, 0.5) is 10.3 Å². The number of halogens is 1. The van der Waals surface area contributed by atoms with Crippen LogP contribution in [-0.4, -0.2) is 45.5 Å². The Kier molecular flexibility index (Phi) is 7.50. The lowest BCUT2D eigenvalue weighted by Crippen LogP contribution is -2.37. The van der Waals surface area contributed by atoms with Gasteiger partial charge in [0, 0.05) is 53.4 Å². The third-order valence-electron chi connectivity index (χ3n) is 8.01. The Morgan fingerprint density at radius 1 is 1.18 bits per heavy atom. The molecule has 204 valence electrons. The zero-order valence-electron chi connectivity index (χ0n) is 22.8. The molecule has 3 aromatic heterocycles. The summed E-state index contributed by atoms with van der Waals surface area (Å²) in [6.45, 7) is 7.62. The summed E-state index contributed by atoms with van der Waals surface area (Å²) in [5.74, 6) is 1.04. The van der Waals surface area contributed by atoms with Crippen LogP contribution in [0.15, 0.2) is 47.5 Å². The Morgan fingerprint density at radius 3 is 2.56 bits per heavy atom. The van der Waals surface area contributed by atoms with Crippen LogP contribution in [0, 0.1) is 25.6 Å². The van der Waals surface area contributed by atoms with Gasteiger partial charge in [-0.15, -0.1) is 0 Å². The number of H-pyrrole nitrogens is 1. The van der Waals surface area contributed by atoms with E-state index in [1.165, 1.54) is 19.5 Å². The number of anilines is 1.